The summed E-state index contributed by atoms with van der Waals surface area (Å²) in [6, 6.07) is 8.85. The molecule has 0 radical (unpaired) electrons. The molecule has 2 rings (SSSR count). The third-order valence-corrected chi connectivity index (χ3v) is 3.56. The van der Waals surface area contributed by atoms with E-state index < -0.39 is 0 Å². The first-order valence-corrected chi connectivity index (χ1v) is 6.51. The number of anilines is 1. The lowest BCUT2D eigenvalue weighted by Crippen LogP contribution is -2.45. The molecule has 94 valence electrons. The van der Waals surface area contributed by atoms with Crippen molar-refractivity contribution in [3.8, 4) is 0 Å². The molecule has 0 aromatic heterocycles. The van der Waals surface area contributed by atoms with E-state index in [9.17, 15) is 0 Å². The molecule has 17 heavy (non-hydrogen) atoms. The van der Waals surface area contributed by atoms with Crippen molar-refractivity contribution < 1.29 is 0 Å². The maximum Gasteiger partial charge on any atom is 0.0405 e. The van der Waals surface area contributed by atoms with Crippen molar-refractivity contribution in [1.82, 2.24) is 4.90 Å². The van der Waals surface area contributed by atoms with Crippen LogP contribution < -0.4 is 4.90 Å². The number of nitrogens with zero attached hydrogens (tertiary/aromatic N) is 2. The van der Waals surface area contributed by atoms with Gasteiger partial charge in [0.1, 0.15) is 0 Å². The molecule has 0 spiro atoms. The van der Waals surface area contributed by atoms with E-state index in [1.54, 1.807) is 0 Å². The Kier molecular flexibility index (Phi) is 3.43. The summed E-state index contributed by atoms with van der Waals surface area (Å²) < 4.78 is 0. The second-order valence-corrected chi connectivity index (χ2v) is 6.06. The van der Waals surface area contributed by atoms with Crippen LogP contribution in [0, 0.1) is 0 Å². The molecule has 2 nitrogen and oxygen atoms in total. The summed E-state index contributed by atoms with van der Waals surface area (Å²) in [5.41, 5.74) is 3.11. The number of hydrogen-bond donors (Lipinski definition) is 0. The van der Waals surface area contributed by atoms with Crippen molar-refractivity contribution >= 4 is 5.69 Å². The molecule has 2 heteroatoms. The molecule has 0 N–H and O–H groups in total. The van der Waals surface area contributed by atoms with Gasteiger partial charge in [-0.15, -0.1) is 0 Å². The second kappa shape index (κ2) is 4.69. The highest BCUT2D eigenvalue weighted by Gasteiger charge is 2.22. The first kappa shape index (κ1) is 12.4. The highest BCUT2D eigenvalue weighted by molar-refractivity contribution is 5.56. The number of hydrogen-bond acceptors (Lipinski definition) is 2. The first-order valence-electron chi connectivity index (χ1n) is 6.51. The number of para-hydroxylation sites is 1. The number of piperazine rings is 1. The molecule has 0 bridgehead atoms. The van der Waals surface area contributed by atoms with Gasteiger partial charge in [0.15, 0.2) is 0 Å². The minimum Gasteiger partial charge on any atom is -0.369 e. The van der Waals surface area contributed by atoms with E-state index in [0.717, 1.165) is 13.1 Å². The Balaban J connectivity index is 2.26. The van der Waals surface area contributed by atoms with E-state index in [4.69, 9.17) is 0 Å². The summed E-state index contributed by atoms with van der Waals surface area (Å²) in [5.74, 6) is 0. The monoisotopic (exact) mass is 232 g/mol. The molecule has 1 saturated heterocycles. The van der Waals surface area contributed by atoms with Gasteiger partial charge in [0, 0.05) is 31.9 Å². The van der Waals surface area contributed by atoms with E-state index in [-0.39, 0.29) is 5.41 Å². The zero-order valence-electron chi connectivity index (χ0n) is 11.5. The molecule has 1 aromatic carbocycles. The normalized spacial score (nSPS) is 18.5. The topological polar surface area (TPSA) is 6.48 Å². The molecule has 0 unspecified atom stereocenters. The van der Waals surface area contributed by atoms with Gasteiger partial charge in [-0.05, 0) is 24.1 Å². The van der Waals surface area contributed by atoms with Crippen molar-refractivity contribution in [3.63, 3.8) is 0 Å². The Hall–Kier alpha value is -1.02. The fraction of sp³-hybridized carbons (Fsp3) is 0.600. The fourth-order valence-corrected chi connectivity index (χ4v) is 2.43. The smallest absolute Gasteiger partial charge is 0.0405 e. The van der Waals surface area contributed by atoms with Crippen LogP contribution in [0.5, 0.6) is 0 Å². The van der Waals surface area contributed by atoms with Gasteiger partial charge in [0.2, 0.25) is 0 Å². The maximum absolute atomic E-state index is 2.53. The van der Waals surface area contributed by atoms with Gasteiger partial charge < -0.3 is 9.80 Å². The van der Waals surface area contributed by atoms with E-state index in [0.29, 0.717) is 0 Å². The SMILES string of the molecule is CN1CCN(c2ccccc2C(C)(C)C)CC1. The summed E-state index contributed by atoms with van der Waals surface area (Å²) in [6.07, 6.45) is 0. The summed E-state index contributed by atoms with van der Waals surface area (Å²) in [5, 5.41) is 0. The van der Waals surface area contributed by atoms with E-state index >= 15 is 0 Å². The summed E-state index contributed by atoms with van der Waals surface area (Å²) in [6.45, 7) is 11.5. The van der Waals surface area contributed by atoms with Crippen molar-refractivity contribution in [2.45, 2.75) is 26.2 Å². The van der Waals surface area contributed by atoms with Crippen LogP contribution >= 0.6 is 0 Å². The molecule has 0 amide bonds. The predicted octanol–water partition coefficient (Wildman–Crippen LogP) is 2.74. The van der Waals surface area contributed by atoms with Crippen LogP contribution in [-0.2, 0) is 5.41 Å². The van der Waals surface area contributed by atoms with Gasteiger partial charge in [-0.3, -0.25) is 0 Å². The van der Waals surface area contributed by atoms with Crippen molar-refractivity contribution in [2.24, 2.45) is 0 Å². The third-order valence-electron chi connectivity index (χ3n) is 3.56. The molecule has 1 aromatic rings. The Bertz CT molecular complexity index is 371. The minimum atomic E-state index is 0.222. The van der Waals surface area contributed by atoms with Crippen LogP contribution in [0.1, 0.15) is 26.3 Å². The maximum atomic E-state index is 2.53. The summed E-state index contributed by atoms with van der Waals surface area (Å²) >= 11 is 0. The molecule has 0 saturated carbocycles. The molecule has 1 fully saturated rings. The Morgan fingerprint density at radius 3 is 2.12 bits per heavy atom. The third kappa shape index (κ3) is 2.81. The lowest BCUT2D eigenvalue weighted by Gasteiger charge is -2.37. The van der Waals surface area contributed by atoms with Crippen molar-refractivity contribution in [3.05, 3.63) is 29.8 Å². The van der Waals surface area contributed by atoms with Gasteiger partial charge in [0.05, 0.1) is 0 Å². The summed E-state index contributed by atoms with van der Waals surface area (Å²) in [7, 11) is 2.20. The Morgan fingerprint density at radius 1 is 0.941 bits per heavy atom. The largest absolute Gasteiger partial charge is 0.369 e. The lowest BCUT2D eigenvalue weighted by atomic mass is 9.85. The molecule has 1 aliphatic rings. The minimum absolute atomic E-state index is 0.222. The Morgan fingerprint density at radius 2 is 1.53 bits per heavy atom. The number of rotatable bonds is 1. The molecule has 1 heterocycles. The Labute approximate surface area is 105 Å². The van der Waals surface area contributed by atoms with E-state index in [2.05, 4.69) is 61.9 Å². The molecule has 0 atom stereocenters. The second-order valence-electron chi connectivity index (χ2n) is 6.06. The molecular formula is C15H24N2. The first-order chi connectivity index (χ1) is 7.98. The average molecular weight is 232 g/mol. The number of benzene rings is 1. The van der Waals surface area contributed by atoms with Crippen molar-refractivity contribution in [1.29, 1.82) is 0 Å². The average Bonchev–Trinajstić information content (AvgIpc) is 2.29. The highest BCUT2D eigenvalue weighted by atomic mass is 15.2. The zero-order valence-corrected chi connectivity index (χ0v) is 11.5. The molecule has 0 aliphatic carbocycles. The van der Waals surface area contributed by atoms with E-state index in [1.165, 1.54) is 24.3 Å². The van der Waals surface area contributed by atoms with Crippen molar-refractivity contribution in [2.75, 3.05) is 38.1 Å². The van der Waals surface area contributed by atoms with Gasteiger partial charge in [-0.25, -0.2) is 0 Å². The van der Waals surface area contributed by atoms with Gasteiger partial charge in [0.25, 0.3) is 0 Å². The predicted molar refractivity (Wildman–Crippen MR) is 74.9 cm³/mol. The van der Waals surface area contributed by atoms with Crippen LogP contribution in [-0.4, -0.2) is 38.1 Å². The van der Waals surface area contributed by atoms with Crippen LogP contribution in [0.4, 0.5) is 5.69 Å². The number of likely N-dealkylation sites (N-methyl/N-ethyl adjacent to an activating group) is 1. The summed E-state index contributed by atoms with van der Waals surface area (Å²) in [4.78, 5) is 4.93. The highest BCUT2D eigenvalue weighted by Crippen LogP contribution is 2.32. The van der Waals surface area contributed by atoms with Crippen LogP contribution in [0.2, 0.25) is 0 Å². The van der Waals surface area contributed by atoms with Crippen LogP contribution in [0.25, 0.3) is 0 Å². The fourth-order valence-electron chi connectivity index (χ4n) is 2.43. The van der Waals surface area contributed by atoms with E-state index in [1.807, 2.05) is 0 Å². The van der Waals surface area contributed by atoms with Crippen LogP contribution in [0.15, 0.2) is 24.3 Å². The lowest BCUT2D eigenvalue weighted by molar-refractivity contribution is 0.312. The molecular weight excluding hydrogens is 208 g/mol. The molecule has 1 aliphatic heterocycles. The van der Waals surface area contributed by atoms with Gasteiger partial charge in [-0.2, -0.15) is 0 Å². The zero-order chi connectivity index (χ0) is 12.5. The van der Waals surface area contributed by atoms with Gasteiger partial charge >= 0.3 is 0 Å². The van der Waals surface area contributed by atoms with Crippen LogP contribution in [0.3, 0.4) is 0 Å². The quantitative estimate of drug-likeness (QED) is 0.734. The standard InChI is InChI=1S/C15H24N2/c1-15(2,3)13-7-5-6-8-14(13)17-11-9-16(4)10-12-17/h5-8H,9-12H2,1-4H3. The van der Waals surface area contributed by atoms with Gasteiger partial charge in [-0.1, -0.05) is 39.0 Å².